The first-order valence-corrected chi connectivity index (χ1v) is 11.2. The van der Waals surface area contributed by atoms with Crippen molar-refractivity contribution in [3.05, 3.63) is 72.1 Å². The lowest BCUT2D eigenvalue weighted by Crippen LogP contribution is -2.52. The predicted molar refractivity (Wildman–Crippen MR) is 145 cm³/mol. The number of phenolic OH excluding ortho intramolecular Hbond substituents is 1. The van der Waals surface area contributed by atoms with Crippen molar-refractivity contribution in [2.45, 2.75) is 19.8 Å². The molecule has 8 heteroatoms. The van der Waals surface area contributed by atoms with E-state index in [1.54, 1.807) is 6.07 Å². The highest BCUT2D eigenvalue weighted by molar-refractivity contribution is 14.0. The van der Waals surface area contributed by atoms with Gasteiger partial charge in [0, 0.05) is 46.0 Å². The van der Waals surface area contributed by atoms with Crippen LogP contribution in [0, 0.1) is 6.92 Å². The van der Waals surface area contributed by atoms with Gasteiger partial charge in [0.05, 0.1) is 17.1 Å². The highest BCUT2D eigenvalue weighted by Crippen LogP contribution is 2.27. The third-order valence-corrected chi connectivity index (χ3v) is 5.94. The smallest absolute Gasteiger partial charge is 0.193 e. The van der Waals surface area contributed by atoms with Gasteiger partial charge in [0.2, 0.25) is 0 Å². The van der Waals surface area contributed by atoms with Crippen molar-refractivity contribution in [2.75, 3.05) is 44.7 Å². The first-order chi connectivity index (χ1) is 15.7. The summed E-state index contributed by atoms with van der Waals surface area (Å²) in [6, 6.07) is 17.8. The number of aromatic hydroxyl groups is 1. The summed E-state index contributed by atoms with van der Waals surface area (Å²) in [5.74, 6) is 1.29. The monoisotopic (exact) mass is 560 g/mol. The number of benzene rings is 2. The number of phenols is 1. The fraction of sp³-hybridized carbons (Fsp3) is 0.360. The van der Waals surface area contributed by atoms with Gasteiger partial charge in [0.25, 0.3) is 0 Å². The second-order valence-corrected chi connectivity index (χ2v) is 8.06. The number of nitrogens with zero attached hydrogens (tertiary/aromatic N) is 5. The van der Waals surface area contributed by atoms with Gasteiger partial charge in [-0.15, -0.1) is 24.0 Å². The maximum absolute atomic E-state index is 10.1. The lowest BCUT2D eigenvalue weighted by Gasteiger charge is -2.37. The molecule has 7 nitrogen and oxygen atoms in total. The number of aromatic nitrogens is 2. The molecule has 0 amide bonds. The van der Waals surface area contributed by atoms with Crippen molar-refractivity contribution >= 4 is 35.6 Å². The number of hydrogen-bond donors (Lipinski definition) is 2. The van der Waals surface area contributed by atoms with Crippen LogP contribution in [0.5, 0.6) is 5.75 Å². The molecular formula is C25H33IN6O. The molecular weight excluding hydrogens is 527 g/mol. The Bertz CT molecular complexity index is 1040. The normalized spacial score (nSPS) is 14.2. The van der Waals surface area contributed by atoms with Crippen molar-refractivity contribution in [3.8, 4) is 11.4 Å². The van der Waals surface area contributed by atoms with Gasteiger partial charge in [-0.25, -0.2) is 4.68 Å². The summed E-state index contributed by atoms with van der Waals surface area (Å²) in [5, 5.41) is 18.3. The number of anilines is 1. The molecule has 0 aliphatic carbocycles. The van der Waals surface area contributed by atoms with Crippen LogP contribution in [0.25, 0.3) is 5.69 Å². The Kier molecular flexibility index (Phi) is 8.99. The van der Waals surface area contributed by atoms with Gasteiger partial charge >= 0.3 is 0 Å². The summed E-state index contributed by atoms with van der Waals surface area (Å²) in [7, 11) is 1.84. The van der Waals surface area contributed by atoms with Gasteiger partial charge in [-0.3, -0.25) is 4.99 Å². The Morgan fingerprint density at radius 2 is 1.73 bits per heavy atom. The summed E-state index contributed by atoms with van der Waals surface area (Å²) < 4.78 is 1.96. The molecule has 0 spiro atoms. The molecule has 2 aromatic carbocycles. The number of hydrogen-bond acceptors (Lipinski definition) is 4. The Hall–Kier alpha value is -2.75. The Morgan fingerprint density at radius 3 is 2.42 bits per heavy atom. The minimum Gasteiger partial charge on any atom is -0.506 e. The van der Waals surface area contributed by atoms with E-state index in [-0.39, 0.29) is 24.0 Å². The Balaban J connectivity index is 0.00000306. The van der Waals surface area contributed by atoms with Crippen LogP contribution in [0.1, 0.15) is 17.7 Å². The molecule has 1 aliphatic heterocycles. The summed E-state index contributed by atoms with van der Waals surface area (Å²) >= 11 is 0. The maximum atomic E-state index is 10.1. The van der Waals surface area contributed by atoms with E-state index >= 15 is 0 Å². The van der Waals surface area contributed by atoms with E-state index in [4.69, 9.17) is 0 Å². The number of guanidine groups is 1. The molecule has 33 heavy (non-hydrogen) atoms. The van der Waals surface area contributed by atoms with Crippen LogP contribution >= 0.6 is 24.0 Å². The van der Waals surface area contributed by atoms with Crippen molar-refractivity contribution in [1.82, 2.24) is 20.0 Å². The van der Waals surface area contributed by atoms with Gasteiger partial charge in [0.1, 0.15) is 5.75 Å². The number of para-hydroxylation sites is 3. The van der Waals surface area contributed by atoms with Crippen LogP contribution in [0.4, 0.5) is 5.69 Å². The second-order valence-electron chi connectivity index (χ2n) is 8.06. The molecule has 0 saturated carbocycles. The number of aryl methyl sites for hydroxylation is 2. The largest absolute Gasteiger partial charge is 0.506 e. The summed E-state index contributed by atoms with van der Waals surface area (Å²) in [4.78, 5) is 9.00. The Morgan fingerprint density at radius 1 is 1.03 bits per heavy atom. The van der Waals surface area contributed by atoms with Crippen LogP contribution in [0.3, 0.4) is 0 Å². The Labute approximate surface area is 213 Å². The SMILES string of the molecule is CN=C(NCCCc1cn(-c2ccccc2)nc1C)N1CCN(c2ccccc2O)CC1.I. The quantitative estimate of drug-likeness (QED) is 0.208. The number of aliphatic imine (C=N–C) groups is 1. The van der Waals surface area contributed by atoms with Gasteiger partial charge in [0.15, 0.2) is 5.96 Å². The van der Waals surface area contributed by atoms with E-state index in [0.29, 0.717) is 5.75 Å². The molecule has 0 unspecified atom stereocenters. The van der Waals surface area contributed by atoms with Gasteiger partial charge < -0.3 is 20.2 Å². The molecule has 2 N–H and O–H groups in total. The standard InChI is InChI=1S/C25H32N6O.HI/c1-20-21(19-31(28-20)22-10-4-3-5-11-22)9-8-14-27-25(26-2)30-17-15-29(16-18-30)23-12-6-7-13-24(23)32;/h3-7,10-13,19,32H,8-9,14-18H2,1-2H3,(H,26,27);1H. The molecule has 1 aliphatic rings. The first kappa shape index (κ1) is 24.9. The second kappa shape index (κ2) is 11.9. The summed E-state index contributed by atoms with van der Waals surface area (Å²) in [6.07, 6.45) is 4.12. The molecule has 176 valence electrons. The van der Waals surface area contributed by atoms with Crippen LogP contribution in [-0.2, 0) is 6.42 Å². The minimum absolute atomic E-state index is 0. The van der Waals surface area contributed by atoms with E-state index in [2.05, 4.69) is 50.5 Å². The highest BCUT2D eigenvalue weighted by atomic mass is 127. The molecule has 1 aromatic heterocycles. The van der Waals surface area contributed by atoms with Crippen molar-refractivity contribution in [1.29, 1.82) is 0 Å². The first-order valence-electron chi connectivity index (χ1n) is 11.2. The third kappa shape index (κ3) is 6.19. The minimum atomic E-state index is 0. The van der Waals surface area contributed by atoms with Crippen LogP contribution in [0.15, 0.2) is 65.8 Å². The zero-order valence-corrected chi connectivity index (χ0v) is 21.6. The van der Waals surface area contributed by atoms with Crippen LogP contribution in [-0.4, -0.2) is 65.5 Å². The van der Waals surface area contributed by atoms with Crippen molar-refractivity contribution in [3.63, 3.8) is 0 Å². The molecule has 0 radical (unpaired) electrons. The summed E-state index contributed by atoms with van der Waals surface area (Å²) in [5.41, 5.74) is 4.35. The molecule has 3 aromatic rings. The lowest BCUT2D eigenvalue weighted by molar-refractivity contribution is 0.369. The topological polar surface area (TPSA) is 68.9 Å². The van der Waals surface area contributed by atoms with Gasteiger partial charge in [-0.05, 0) is 49.6 Å². The number of halogens is 1. The zero-order valence-electron chi connectivity index (χ0n) is 19.3. The van der Waals surface area contributed by atoms with Gasteiger partial charge in [-0.1, -0.05) is 30.3 Å². The third-order valence-electron chi connectivity index (χ3n) is 5.94. The summed E-state index contributed by atoms with van der Waals surface area (Å²) in [6.45, 7) is 6.40. The highest BCUT2D eigenvalue weighted by Gasteiger charge is 2.21. The maximum Gasteiger partial charge on any atom is 0.193 e. The van der Waals surface area contributed by atoms with E-state index < -0.39 is 0 Å². The zero-order chi connectivity index (χ0) is 22.3. The lowest BCUT2D eigenvalue weighted by atomic mass is 10.1. The molecule has 0 bridgehead atoms. The van der Waals surface area contributed by atoms with E-state index in [9.17, 15) is 5.11 Å². The fourth-order valence-electron chi connectivity index (χ4n) is 4.16. The van der Waals surface area contributed by atoms with Crippen LogP contribution < -0.4 is 10.2 Å². The molecule has 0 atom stereocenters. The van der Waals surface area contributed by atoms with E-state index in [1.165, 1.54) is 5.56 Å². The molecule has 1 fully saturated rings. The fourth-order valence-corrected chi connectivity index (χ4v) is 4.16. The number of nitrogens with one attached hydrogen (secondary N) is 1. The molecule has 2 heterocycles. The predicted octanol–water partition coefficient (Wildman–Crippen LogP) is 3.83. The van der Waals surface area contributed by atoms with Gasteiger partial charge in [-0.2, -0.15) is 5.10 Å². The van der Waals surface area contributed by atoms with E-state index in [1.807, 2.05) is 48.1 Å². The van der Waals surface area contributed by atoms with Crippen LogP contribution in [0.2, 0.25) is 0 Å². The van der Waals surface area contributed by atoms with Crippen molar-refractivity contribution in [2.24, 2.45) is 4.99 Å². The molecule has 1 saturated heterocycles. The number of rotatable bonds is 6. The average molecular weight is 560 g/mol. The molecule has 4 rings (SSSR count). The van der Waals surface area contributed by atoms with Crippen molar-refractivity contribution < 1.29 is 5.11 Å². The van der Waals surface area contributed by atoms with E-state index in [0.717, 1.165) is 68.6 Å². The number of piperazine rings is 1. The average Bonchev–Trinajstić information content (AvgIpc) is 3.21.